The molecule has 4 N–H and O–H groups in total. The number of carbonyl (C=O) groups excluding carboxylic acids is 2. The number of anilines is 2. The highest BCUT2D eigenvalue weighted by Crippen LogP contribution is 2.26. The van der Waals surface area contributed by atoms with Crippen LogP contribution in [0.5, 0.6) is 0 Å². The van der Waals surface area contributed by atoms with Crippen molar-refractivity contribution in [3.63, 3.8) is 0 Å². The van der Waals surface area contributed by atoms with Crippen molar-refractivity contribution in [2.45, 2.75) is 40.5 Å². The molecule has 0 spiro atoms. The number of aromatic nitrogens is 8. The maximum Gasteiger partial charge on any atom is 0.255 e. The Morgan fingerprint density at radius 1 is 0.574 bits per heavy atom. The summed E-state index contributed by atoms with van der Waals surface area (Å²) in [4.78, 5) is 50.4. The fourth-order valence-electron chi connectivity index (χ4n) is 8.51. The Morgan fingerprint density at radius 3 is 1.63 bits per heavy atom. The summed E-state index contributed by atoms with van der Waals surface area (Å²) in [6.07, 6.45) is 14.4. The second-order valence-corrected chi connectivity index (χ2v) is 17.2. The molecule has 0 fully saturated rings. The highest BCUT2D eigenvalue weighted by atomic mass is 16.2. The van der Waals surface area contributed by atoms with Crippen molar-refractivity contribution in [1.82, 2.24) is 38.7 Å². The number of pyridine rings is 2. The SMILES string of the molecule is Cc1ccc(C(=O)Nc2ccc(-c3cn4cccc(C)c4n3)cc2)c(Cc2ccc3nc[nH]c3c2)c1.Cc1ccc(C(=O)Nc2ccc(-c3cn4cccc(C)c4n3)cc2)c(Cc2cnc[nH]2)c1. The van der Waals surface area contributed by atoms with E-state index >= 15 is 0 Å². The van der Waals surface area contributed by atoms with Crippen molar-refractivity contribution in [2.24, 2.45) is 0 Å². The van der Waals surface area contributed by atoms with Gasteiger partial charge < -0.3 is 29.4 Å². The van der Waals surface area contributed by atoms with Gasteiger partial charge in [-0.15, -0.1) is 0 Å². The van der Waals surface area contributed by atoms with Crippen molar-refractivity contribution < 1.29 is 9.59 Å². The normalized spacial score (nSPS) is 11.2. The van der Waals surface area contributed by atoms with Gasteiger partial charge in [0.25, 0.3) is 11.8 Å². The minimum Gasteiger partial charge on any atom is -0.348 e. The van der Waals surface area contributed by atoms with Crippen LogP contribution in [0.15, 0.2) is 171 Å². The fourth-order valence-corrected chi connectivity index (χ4v) is 8.51. The summed E-state index contributed by atoms with van der Waals surface area (Å²) in [5.41, 5.74) is 19.0. The molecule has 0 aliphatic carbocycles. The zero-order valence-corrected chi connectivity index (χ0v) is 38.1. The molecule has 0 saturated heterocycles. The van der Waals surface area contributed by atoms with Gasteiger partial charge in [0.1, 0.15) is 11.3 Å². The number of carbonyl (C=O) groups is 2. The van der Waals surface area contributed by atoms with Crippen LogP contribution in [0.3, 0.4) is 0 Å². The number of rotatable bonds is 10. The molecular weight excluding hydrogens is 845 g/mol. The van der Waals surface area contributed by atoms with Crippen LogP contribution >= 0.6 is 0 Å². The Labute approximate surface area is 392 Å². The molecule has 0 atom stereocenters. The number of aromatic amines is 2. The Hall–Kier alpha value is -8.90. The van der Waals surface area contributed by atoms with Crippen LogP contribution in [0, 0.1) is 27.7 Å². The molecule has 68 heavy (non-hydrogen) atoms. The molecule has 0 aliphatic rings. The lowest BCUT2D eigenvalue weighted by Gasteiger charge is -2.12. The Kier molecular flexibility index (Phi) is 11.7. The van der Waals surface area contributed by atoms with Gasteiger partial charge >= 0.3 is 0 Å². The summed E-state index contributed by atoms with van der Waals surface area (Å²) in [7, 11) is 0. The van der Waals surface area contributed by atoms with Crippen molar-refractivity contribution in [1.29, 1.82) is 0 Å². The monoisotopic (exact) mass is 892 g/mol. The molecule has 11 rings (SSSR count). The van der Waals surface area contributed by atoms with Gasteiger partial charge in [0.05, 0.1) is 35.1 Å². The summed E-state index contributed by atoms with van der Waals surface area (Å²) >= 11 is 0. The molecule has 0 unspecified atom stereocenters. The third kappa shape index (κ3) is 9.29. The average Bonchev–Trinajstić information content (AvgIpc) is 4.18. The first-order chi connectivity index (χ1) is 33.1. The van der Waals surface area contributed by atoms with Gasteiger partial charge in [-0.2, -0.15) is 0 Å². The van der Waals surface area contributed by atoms with Crippen LogP contribution in [0.2, 0.25) is 0 Å². The lowest BCUT2D eigenvalue weighted by molar-refractivity contribution is 0.101. The molecule has 0 bridgehead atoms. The third-order valence-corrected chi connectivity index (χ3v) is 12.1. The smallest absolute Gasteiger partial charge is 0.255 e. The summed E-state index contributed by atoms with van der Waals surface area (Å²) in [6, 6.07) is 41.7. The summed E-state index contributed by atoms with van der Waals surface area (Å²) in [5.74, 6) is -0.251. The van der Waals surface area contributed by atoms with Crippen LogP contribution < -0.4 is 10.6 Å². The largest absolute Gasteiger partial charge is 0.348 e. The third-order valence-electron chi connectivity index (χ3n) is 12.1. The number of imidazole rings is 4. The maximum absolute atomic E-state index is 13.3. The highest BCUT2D eigenvalue weighted by molar-refractivity contribution is 6.06. The van der Waals surface area contributed by atoms with Crippen molar-refractivity contribution in [3.05, 3.63) is 227 Å². The standard InChI is InChI=1S/C30H25N5O.C26H23N5O/c1-19-5-11-25(23(14-19)15-21-6-12-26-27(16-21)32-18-31-26)30(36)33-24-9-7-22(8-10-24)28-17-35-13-3-4-20(2)29(35)34-28;1-17-5-10-23(20(12-17)13-22-14-27-16-28-22)26(32)29-21-8-6-19(7-9-21)24-15-31-11-3-4-18(2)25(31)30-24/h3-14,16-18H,15H2,1-2H3,(H,31,32)(H,33,36);3-12,14-16H,13H2,1-2H3,(H,27,28)(H,29,32). The van der Waals surface area contributed by atoms with Gasteiger partial charge in [-0.25, -0.2) is 19.9 Å². The number of hydrogen-bond acceptors (Lipinski definition) is 6. The number of fused-ring (bicyclic) bond motifs is 3. The van der Waals surface area contributed by atoms with Gasteiger partial charge in [0.2, 0.25) is 0 Å². The van der Waals surface area contributed by atoms with E-state index in [1.54, 1.807) is 18.9 Å². The minimum atomic E-state index is -0.129. The van der Waals surface area contributed by atoms with Gasteiger partial charge in [-0.1, -0.05) is 77.9 Å². The number of benzene rings is 5. The van der Waals surface area contributed by atoms with E-state index in [1.807, 2.05) is 144 Å². The van der Waals surface area contributed by atoms with E-state index in [9.17, 15) is 9.59 Å². The highest BCUT2D eigenvalue weighted by Gasteiger charge is 2.16. The van der Waals surface area contributed by atoms with Gasteiger partial charge in [-0.3, -0.25) is 9.59 Å². The van der Waals surface area contributed by atoms with E-state index in [1.165, 1.54) is 0 Å². The molecule has 6 heterocycles. The van der Waals surface area contributed by atoms with E-state index in [0.29, 0.717) is 24.0 Å². The number of nitrogens with zero attached hydrogens (tertiary/aromatic N) is 6. The number of amides is 2. The number of H-pyrrole nitrogens is 2. The lowest BCUT2D eigenvalue weighted by atomic mass is 9.97. The molecule has 12 nitrogen and oxygen atoms in total. The Bertz CT molecular complexity index is 3600. The predicted octanol–water partition coefficient (Wildman–Crippen LogP) is 11.5. The lowest BCUT2D eigenvalue weighted by Crippen LogP contribution is -2.14. The predicted molar refractivity (Wildman–Crippen MR) is 269 cm³/mol. The average molecular weight is 893 g/mol. The summed E-state index contributed by atoms with van der Waals surface area (Å²) in [5, 5.41) is 6.08. The van der Waals surface area contributed by atoms with E-state index in [0.717, 1.165) is 101 Å². The second-order valence-electron chi connectivity index (χ2n) is 17.2. The van der Waals surface area contributed by atoms with E-state index < -0.39 is 0 Å². The van der Waals surface area contributed by atoms with Crippen molar-refractivity contribution in [3.8, 4) is 22.5 Å². The number of aryl methyl sites for hydroxylation is 4. The zero-order chi connectivity index (χ0) is 46.7. The van der Waals surface area contributed by atoms with Crippen molar-refractivity contribution in [2.75, 3.05) is 10.6 Å². The molecular formula is C56H48N10O2. The van der Waals surface area contributed by atoms with Crippen LogP contribution in [-0.4, -0.2) is 50.5 Å². The Balaban J connectivity index is 0.000000160. The molecule has 6 aromatic heterocycles. The molecule has 334 valence electrons. The molecule has 5 aromatic carbocycles. The first-order valence-corrected chi connectivity index (χ1v) is 22.4. The van der Waals surface area contributed by atoms with Crippen LogP contribution in [0.4, 0.5) is 11.4 Å². The maximum atomic E-state index is 13.3. The second kappa shape index (κ2) is 18.5. The minimum absolute atomic E-state index is 0.122. The number of hydrogen-bond donors (Lipinski definition) is 4. The van der Waals surface area contributed by atoms with Crippen molar-refractivity contribution >= 4 is 45.5 Å². The fraction of sp³-hybridized carbons (Fsp3) is 0.107. The van der Waals surface area contributed by atoms with Gasteiger partial charge in [-0.05, 0) is 123 Å². The summed E-state index contributed by atoms with van der Waals surface area (Å²) < 4.78 is 4.06. The molecule has 0 aliphatic heterocycles. The molecule has 12 heteroatoms. The summed E-state index contributed by atoms with van der Waals surface area (Å²) in [6.45, 7) is 8.18. The molecule has 0 radical (unpaired) electrons. The first kappa shape index (κ1) is 43.0. The zero-order valence-electron chi connectivity index (χ0n) is 38.1. The molecule has 11 aromatic rings. The number of nitrogens with one attached hydrogen (secondary N) is 4. The van der Waals surface area contributed by atoms with E-state index in [4.69, 9.17) is 9.97 Å². The van der Waals surface area contributed by atoms with Crippen LogP contribution in [0.25, 0.3) is 44.8 Å². The molecule has 0 saturated carbocycles. The Morgan fingerprint density at radius 2 is 1.12 bits per heavy atom. The van der Waals surface area contributed by atoms with Gasteiger partial charge in [0, 0.05) is 76.7 Å². The molecule has 2 amide bonds. The van der Waals surface area contributed by atoms with E-state index in [-0.39, 0.29) is 11.8 Å². The quantitative estimate of drug-likeness (QED) is 0.107. The topological polar surface area (TPSA) is 150 Å². The first-order valence-electron chi connectivity index (χ1n) is 22.4. The van der Waals surface area contributed by atoms with Crippen LogP contribution in [0.1, 0.15) is 65.4 Å². The van der Waals surface area contributed by atoms with Crippen LogP contribution in [-0.2, 0) is 12.8 Å². The van der Waals surface area contributed by atoms with E-state index in [2.05, 4.69) is 74.7 Å². The van der Waals surface area contributed by atoms with Gasteiger partial charge in [0.15, 0.2) is 0 Å².